The number of hydrogen-bond donors (Lipinski definition) is 3. The highest BCUT2D eigenvalue weighted by atomic mass is 35.5. The number of benzene rings is 3. The van der Waals surface area contributed by atoms with Crippen molar-refractivity contribution in [2.45, 2.75) is 6.92 Å². The Bertz CT molecular complexity index is 1740. The van der Waals surface area contributed by atoms with Crippen LogP contribution in [0.15, 0.2) is 72.9 Å². The Morgan fingerprint density at radius 1 is 0.727 bits per heavy atom. The number of pyridine rings is 1. The third-order valence-electron chi connectivity index (χ3n) is 7.49. The number of fused-ring (bicyclic) bond motifs is 1. The lowest BCUT2D eigenvalue weighted by Gasteiger charge is -2.34. The lowest BCUT2D eigenvalue weighted by Crippen LogP contribution is -2.46. The van der Waals surface area contributed by atoms with E-state index in [4.69, 9.17) is 36.0 Å². The smallest absolute Gasteiger partial charge is 0.233 e. The number of likely N-dealkylation sites (N-methyl/N-ethyl adjacent to an activating group) is 1. The summed E-state index contributed by atoms with van der Waals surface area (Å²) in [6.45, 7) is 6.80. The molecule has 1 aliphatic rings. The Balaban J connectivity index is 1.23. The van der Waals surface area contributed by atoms with Gasteiger partial charge in [0.25, 0.3) is 0 Å². The molecule has 0 aliphatic carbocycles. The van der Waals surface area contributed by atoms with Crippen molar-refractivity contribution < 1.29 is 9.47 Å². The lowest BCUT2D eigenvalue weighted by atomic mass is 10.2. The van der Waals surface area contributed by atoms with Crippen molar-refractivity contribution in [2.75, 3.05) is 67.8 Å². The summed E-state index contributed by atoms with van der Waals surface area (Å²) in [6.07, 6.45) is 1.77. The van der Waals surface area contributed by atoms with Crippen molar-refractivity contribution >= 4 is 63.1 Å². The Kier molecular flexibility index (Phi) is 8.76. The van der Waals surface area contributed by atoms with Gasteiger partial charge in [0.15, 0.2) is 11.5 Å². The van der Waals surface area contributed by atoms with Gasteiger partial charge in [0.2, 0.25) is 17.8 Å². The minimum Gasteiger partial charge on any atom is -0.493 e. The summed E-state index contributed by atoms with van der Waals surface area (Å²) < 4.78 is 10.9. The van der Waals surface area contributed by atoms with Gasteiger partial charge in [0.05, 0.1) is 19.7 Å². The zero-order valence-corrected chi connectivity index (χ0v) is 25.6. The van der Waals surface area contributed by atoms with Crippen LogP contribution < -0.4 is 30.3 Å². The average Bonchev–Trinajstić information content (AvgIpc) is 3.05. The van der Waals surface area contributed by atoms with Crippen LogP contribution in [0.2, 0.25) is 5.02 Å². The molecule has 1 fully saturated rings. The lowest BCUT2D eigenvalue weighted by molar-refractivity contribution is 0.270. The number of anilines is 7. The molecular formula is C32H34ClN9O2. The number of halogens is 1. The minimum atomic E-state index is 0.422. The van der Waals surface area contributed by atoms with Gasteiger partial charge in [-0.1, -0.05) is 18.5 Å². The molecular weight excluding hydrogens is 578 g/mol. The molecule has 0 spiro atoms. The SMILES string of the molecule is CCN1CCN(c2nc(Nc3ccc(Nc4ccnc5cc(Cl)ccc45)cc3)nc(Nc3ccc(OC)c(OC)c3)n2)CC1. The number of aromatic nitrogens is 4. The predicted molar refractivity (Wildman–Crippen MR) is 177 cm³/mol. The van der Waals surface area contributed by atoms with Gasteiger partial charge in [0, 0.05) is 71.6 Å². The van der Waals surface area contributed by atoms with E-state index in [9.17, 15) is 0 Å². The number of methoxy groups -OCH3 is 2. The predicted octanol–water partition coefficient (Wildman–Crippen LogP) is 6.46. The van der Waals surface area contributed by atoms with Crippen molar-refractivity contribution in [2.24, 2.45) is 0 Å². The topological polar surface area (TPSA) is 113 Å². The summed E-state index contributed by atoms with van der Waals surface area (Å²) in [5.74, 6) is 2.73. The molecule has 3 N–H and O–H groups in total. The first-order valence-corrected chi connectivity index (χ1v) is 14.8. The third-order valence-corrected chi connectivity index (χ3v) is 7.73. The number of nitrogens with zero attached hydrogens (tertiary/aromatic N) is 6. The summed E-state index contributed by atoms with van der Waals surface area (Å²) >= 11 is 6.15. The molecule has 44 heavy (non-hydrogen) atoms. The van der Waals surface area contributed by atoms with Crippen LogP contribution in [0.1, 0.15) is 6.92 Å². The Morgan fingerprint density at radius 2 is 1.39 bits per heavy atom. The standard InChI is InChI=1S/C32H34ClN9O2/c1-4-41-15-17-42(18-16-41)32-39-30(38-31(40-32)37-24-10-12-28(43-2)29(20-24)44-3)36-23-8-6-22(7-9-23)35-26-13-14-34-27-19-21(33)5-11-25(26)27/h5-14,19-20H,4,15-18H2,1-3H3,(H,34,35)(H2,36,37,38,39,40). The van der Waals surface area contributed by atoms with Gasteiger partial charge < -0.3 is 35.2 Å². The second-order valence-electron chi connectivity index (χ2n) is 10.2. The minimum absolute atomic E-state index is 0.422. The highest BCUT2D eigenvalue weighted by molar-refractivity contribution is 6.31. The fraction of sp³-hybridized carbons (Fsp3) is 0.250. The Labute approximate surface area is 261 Å². The molecule has 11 nitrogen and oxygen atoms in total. The van der Waals surface area contributed by atoms with Crippen LogP contribution in [0.3, 0.4) is 0 Å². The van der Waals surface area contributed by atoms with Crippen LogP contribution in [-0.4, -0.2) is 71.8 Å². The van der Waals surface area contributed by atoms with Gasteiger partial charge in [-0.3, -0.25) is 4.98 Å². The molecule has 0 bridgehead atoms. The van der Waals surface area contributed by atoms with Crippen molar-refractivity contribution in [3.8, 4) is 11.5 Å². The maximum Gasteiger partial charge on any atom is 0.233 e. The number of rotatable bonds is 10. The molecule has 0 unspecified atom stereocenters. The number of piperazine rings is 1. The fourth-order valence-electron chi connectivity index (χ4n) is 5.08. The fourth-order valence-corrected chi connectivity index (χ4v) is 5.24. The normalized spacial score (nSPS) is 13.5. The number of hydrogen-bond acceptors (Lipinski definition) is 11. The summed E-state index contributed by atoms with van der Waals surface area (Å²) in [6, 6.07) is 21.2. The van der Waals surface area contributed by atoms with Crippen LogP contribution in [0.5, 0.6) is 11.5 Å². The first kappa shape index (κ1) is 29.2. The molecule has 3 aromatic carbocycles. The first-order chi connectivity index (χ1) is 21.5. The molecule has 0 atom stereocenters. The van der Waals surface area contributed by atoms with Gasteiger partial charge in [-0.05, 0) is 67.2 Å². The van der Waals surface area contributed by atoms with Gasteiger partial charge >= 0.3 is 0 Å². The van der Waals surface area contributed by atoms with Gasteiger partial charge in [-0.25, -0.2) is 0 Å². The highest BCUT2D eigenvalue weighted by Crippen LogP contribution is 2.32. The van der Waals surface area contributed by atoms with Crippen molar-refractivity contribution in [3.05, 3.63) is 77.9 Å². The molecule has 12 heteroatoms. The van der Waals surface area contributed by atoms with Crippen molar-refractivity contribution in [1.82, 2.24) is 24.8 Å². The monoisotopic (exact) mass is 611 g/mol. The molecule has 2 aromatic heterocycles. The van der Waals surface area contributed by atoms with Crippen LogP contribution >= 0.6 is 11.6 Å². The van der Waals surface area contributed by atoms with Gasteiger partial charge in [0.1, 0.15) is 0 Å². The van der Waals surface area contributed by atoms with E-state index in [0.29, 0.717) is 34.4 Å². The molecule has 1 aliphatic heterocycles. The van der Waals surface area contributed by atoms with E-state index < -0.39 is 0 Å². The van der Waals surface area contributed by atoms with E-state index in [1.807, 2.05) is 66.7 Å². The van der Waals surface area contributed by atoms with E-state index in [0.717, 1.165) is 66.4 Å². The van der Waals surface area contributed by atoms with Crippen LogP contribution in [0.25, 0.3) is 10.9 Å². The Morgan fingerprint density at radius 3 is 2.07 bits per heavy atom. The number of nitrogens with one attached hydrogen (secondary N) is 3. The molecule has 5 aromatic rings. The zero-order chi connectivity index (χ0) is 30.5. The summed E-state index contributed by atoms with van der Waals surface area (Å²) in [4.78, 5) is 23.3. The number of ether oxygens (including phenoxy) is 2. The van der Waals surface area contributed by atoms with E-state index in [1.54, 1.807) is 20.4 Å². The van der Waals surface area contributed by atoms with E-state index in [1.165, 1.54) is 0 Å². The largest absolute Gasteiger partial charge is 0.493 e. The van der Waals surface area contributed by atoms with Crippen LogP contribution in [-0.2, 0) is 0 Å². The molecule has 0 radical (unpaired) electrons. The van der Waals surface area contributed by atoms with Crippen LogP contribution in [0, 0.1) is 0 Å². The van der Waals surface area contributed by atoms with E-state index in [-0.39, 0.29) is 0 Å². The molecule has 1 saturated heterocycles. The van der Waals surface area contributed by atoms with Gasteiger partial charge in [-0.15, -0.1) is 0 Å². The maximum atomic E-state index is 6.15. The molecule has 6 rings (SSSR count). The molecule has 0 amide bonds. The molecule has 3 heterocycles. The third kappa shape index (κ3) is 6.69. The quantitative estimate of drug-likeness (QED) is 0.162. The maximum absolute atomic E-state index is 6.15. The summed E-state index contributed by atoms with van der Waals surface area (Å²) in [7, 11) is 3.22. The van der Waals surface area contributed by atoms with Gasteiger partial charge in [-0.2, -0.15) is 15.0 Å². The van der Waals surface area contributed by atoms with E-state index in [2.05, 4.69) is 37.7 Å². The summed E-state index contributed by atoms with van der Waals surface area (Å²) in [5.41, 5.74) is 4.32. The highest BCUT2D eigenvalue weighted by Gasteiger charge is 2.20. The first-order valence-electron chi connectivity index (χ1n) is 14.4. The average molecular weight is 612 g/mol. The zero-order valence-electron chi connectivity index (χ0n) is 24.8. The summed E-state index contributed by atoms with van der Waals surface area (Å²) in [5, 5.41) is 11.8. The second kappa shape index (κ2) is 13.2. The van der Waals surface area contributed by atoms with Crippen LogP contribution in [0.4, 0.5) is 40.6 Å². The van der Waals surface area contributed by atoms with Crippen molar-refractivity contribution in [1.29, 1.82) is 0 Å². The Hall–Kier alpha value is -4.87. The van der Waals surface area contributed by atoms with Crippen molar-refractivity contribution in [3.63, 3.8) is 0 Å². The van der Waals surface area contributed by atoms with E-state index >= 15 is 0 Å². The second-order valence-corrected chi connectivity index (χ2v) is 10.7. The molecule has 226 valence electrons. The molecule has 0 saturated carbocycles.